The number of hydrogen-bond acceptors (Lipinski definition) is 3. The van der Waals surface area contributed by atoms with Crippen LogP contribution in [0.5, 0.6) is 0 Å². The first kappa shape index (κ1) is 17.5. The molecule has 0 aromatic heterocycles. The molecule has 2 rings (SSSR count). The topological polar surface area (TPSA) is 77.8 Å². The van der Waals surface area contributed by atoms with Crippen LogP contribution in [0.1, 0.15) is 45.1 Å². The van der Waals surface area contributed by atoms with E-state index in [0.717, 1.165) is 6.42 Å². The highest BCUT2D eigenvalue weighted by molar-refractivity contribution is 5.79. The molecule has 0 aliphatic carbocycles. The molecule has 1 amide bonds. The van der Waals surface area contributed by atoms with E-state index in [1.807, 2.05) is 18.2 Å². The summed E-state index contributed by atoms with van der Waals surface area (Å²) in [5.74, 6) is -1.17. The zero-order valence-corrected chi connectivity index (χ0v) is 13.8. The van der Waals surface area contributed by atoms with Gasteiger partial charge in [0.1, 0.15) is 0 Å². The number of carbonyl (C=O) groups is 2. The quantitative estimate of drug-likeness (QED) is 0.872. The number of benzene rings is 1. The Labute approximate surface area is 136 Å². The van der Waals surface area contributed by atoms with E-state index in [9.17, 15) is 14.7 Å². The third-order valence-corrected chi connectivity index (χ3v) is 4.86. The van der Waals surface area contributed by atoms with Gasteiger partial charge in [-0.2, -0.15) is 0 Å². The van der Waals surface area contributed by atoms with Crippen LogP contribution < -0.4 is 0 Å². The molecular weight excluding hydrogens is 294 g/mol. The van der Waals surface area contributed by atoms with Gasteiger partial charge in [-0.1, -0.05) is 44.2 Å². The molecule has 0 unspecified atom stereocenters. The van der Waals surface area contributed by atoms with Crippen LogP contribution in [0.25, 0.3) is 0 Å². The van der Waals surface area contributed by atoms with Crippen LogP contribution in [0.4, 0.5) is 0 Å². The third kappa shape index (κ3) is 4.10. The largest absolute Gasteiger partial charge is 0.479 e. The van der Waals surface area contributed by atoms with Crippen molar-refractivity contribution in [3.05, 3.63) is 35.9 Å². The van der Waals surface area contributed by atoms with Crippen molar-refractivity contribution in [2.45, 2.75) is 50.5 Å². The number of likely N-dealkylation sites (tertiary alicyclic amines) is 1. The van der Waals surface area contributed by atoms with Gasteiger partial charge in [0.25, 0.3) is 0 Å². The first-order chi connectivity index (χ1) is 10.7. The molecule has 1 aromatic rings. The molecule has 2 N–H and O–H groups in total. The maximum atomic E-state index is 12.4. The van der Waals surface area contributed by atoms with Crippen molar-refractivity contribution in [3.63, 3.8) is 0 Å². The molecule has 1 heterocycles. The molecule has 1 aromatic carbocycles. The summed E-state index contributed by atoms with van der Waals surface area (Å²) in [4.78, 5) is 25.0. The molecule has 5 nitrogen and oxygen atoms in total. The van der Waals surface area contributed by atoms with Crippen molar-refractivity contribution < 1.29 is 19.8 Å². The fraction of sp³-hybridized carbons (Fsp3) is 0.556. The Kier molecular flexibility index (Phi) is 5.09. The van der Waals surface area contributed by atoms with Gasteiger partial charge in [-0.15, -0.1) is 0 Å². The average molecular weight is 319 g/mol. The minimum atomic E-state index is -1.68. The minimum absolute atomic E-state index is 0.0291. The standard InChI is InChI=1S/C18H25NO4/c1-17(2,14-6-4-3-5-7-14)9-8-15(20)19-12-10-18(23,11-13-19)16(21)22/h3-7,23H,8-13H2,1-2H3,(H,21,22). The summed E-state index contributed by atoms with van der Waals surface area (Å²) in [6.07, 6.45) is 1.34. The Balaban J connectivity index is 1.88. The molecule has 23 heavy (non-hydrogen) atoms. The first-order valence-corrected chi connectivity index (χ1v) is 8.04. The second kappa shape index (κ2) is 6.71. The van der Waals surface area contributed by atoms with E-state index in [1.54, 1.807) is 4.90 Å². The number of carboxylic acid groups (broad SMARTS) is 1. The van der Waals surface area contributed by atoms with Gasteiger partial charge in [0.05, 0.1) is 0 Å². The van der Waals surface area contributed by atoms with Crippen LogP contribution >= 0.6 is 0 Å². The zero-order chi connectivity index (χ0) is 17.1. The van der Waals surface area contributed by atoms with E-state index >= 15 is 0 Å². The van der Waals surface area contributed by atoms with Crippen LogP contribution in [0.2, 0.25) is 0 Å². The van der Waals surface area contributed by atoms with Gasteiger partial charge in [0.2, 0.25) is 5.91 Å². The van der Waals surface area contributed by atoms with E-state index in [1.165, 1.54) is 5.56 Å². The molecule has 1 saturated heterocycles. The summed E-state index contributed by atoms with van der Waals surface area (Å²) in [6, 6.07) is 10.1. The highest BCUT2D eigenvalue weighted by Gasteiger charge is 2.40. The molecule has 1 aliphatic heterocycles. The number of nitrogens with zero attached hydrogens (tertiary/aromatic N) is 1. The van der Waals surface area contributed by atoms with Crippen molar-refractivity contribution in [2.75, 3.05) is 13.1 Å². The van der Waals surface area contributed by atoms with Gasteiger partial charge < -0.3 is 15.1 Å². The maximum absolute atomic E-state index is 12.4. The van der Waals surface area contributed by atoms with Crippen LogP contribution in [0.15, 0.2) is 30.3 Å². The normalized spacial score (nSPS) is 17.8. The highest BCUT2D eigenvalue weighted by Crippen LogP contribution is 2.29. The monoisotopic (exact) mass is 319 g/mol. The highest BCUT2D eigenvalue weighted by atomic mass is 16.4. The number of carboxylic acids is 1. The lowest BCUT2D eigenvalue weighted by molar-refractivity contribution is -0.165. The zero-order valence-electron chi connectivity index (χ0n) is 13.8. The summed E-state index contributed by atoms with van der Waals surface area (Å²) in [6.45, 7) is 4.84. The second-order valence-corrected chi connectivity index (χ2v) is 6.97. The number of piperidine rings is 1. The Hall–Kier alpha value is -1.88. The van der Waals surface area contributed by atoms with Gasteiger partial charge in [-0.05, 0) is 17.4 Å². The Morgan fingerprint density at radius 3 is 2.26 bits per heavy atom. The van der Waals surface area contributed by atoms with Crippen molar-refractivity contribution >= 4 is 11.9 Å². The molecule has 0 saturated carbocycles. The van der Waals surface area contributed by atoms with Crippen molar-refractivity contribution in [3.8, 4) is 0 Å². The van der Waals surface area contributed by atoms with Crippen LogP contribution in [0.3, 0.4) is 0 Å². The summed E-state index contributed by atoms with van der Waals surface area (Å²) in [7, 11) is 0. The molecular formula is C18H25NO4. The lowest BCUT2D eigenvalue weighted by Gasteiger charge is -2.36. The van der Waals surface area contributed by atoms with Gasteiger partial charge in [-0.25, -0.2) is 4.79 Å². The molecule has 5 heteroatoms. The molecule has 1 aliphatic rings. The Morgan fingerprint density at radius 2 is 1.74 bits per heavy atom. The third-order valence-electron chi connectivity index (χ3n) is 4.86. The molecule has 0 radical (unpaired) electrons. The average Bonchev–Trinajstić information content (AvgIpc) is 2.54. The van der Waals surface area contributed by atoms with E-state index in [4.69, 9.17) is 5.11 Å². The van der Waals surface area contributed by atoms with Crippen molar-refractivity contribution in [1.29, 1.82) is 0 Å². The number of aliphatic carboxylic acids is 1. The molecule has 0 bridgehead atoms. The molecule has 0 spiro atoms. The smallest absolute Gasteiger partial charge is 0.335 e. The fourth-order valence-corrected chi connectivity index (χ4v) is 2.95. The number of rotatable bonds is 5. The molecule has 1 fully saturated rings. The second-order valence-electron chi connectivity index (χ2n) is 6.97. The summed E-state index contributed by atoms with van der Waals surface area (Å²) in [5.41, 5.74) is -0.569. The van der Waals surface area contributed by atoms with Crippen molar-refractivity contribution in [2.24, 2.45) is 0 Å². The van der Waals surface area contributed by atoms with E-state index in [-0.39, 0.29) is 24.2 Å². The minimum Gasteiger partial charge on any atom is -0.479 e. The lowest BCUT2D eigenvalue weighted by atomic mass is 9.80. The van der Waals surface area contributed by atoms with Crippen LogP contribution in [-0.2, 0) is 15.0 Å². The van der Waals surface area contributed by atoms with E-state index in [2.05, 4.69) is 26.0 Å². The van der Waals surface area contributed by atoms with Gasteiger partial charge in [0.15, 0.2) is 5.60 Å². The van der Waals surface area contributed by atoms with E-state index in [0.29, 0.717) is 19.5 Å². The number of amides is 1. The predicted octanol–water partition coefficient (Wildman–Crippen LogP) is 2.18. The number of hydrogen-bond donors (Lipinski definition) is 2. The molecule has 0 atom stereocenters. The fourth-order valence-electron chi connectivity index (χ4n) is 2.95. The molecule has 126 valence electrons. The van der Waals surface area contributed by atoms with Crippen LogP contribution in [-0.4, -0.2) is 45.7 Å². The summed E-state index contributed by atoms with van der Waals surface area (Å²) < 4.78 is 0. The Morgan fingerprint density at radius 1 is 1.17 bits per heavy atom. The maximum Gasteiger partial charge on any atom is 0.335 e. The number of aliphatic hydroxyl groups is 1. The first-order valence-electron chi connectivity index (χ1n) is 8.04. The Bertz CT molecular complexity index is 560. The van der Waals surface area contributed by atoms with Gasteiger partial charge in [-0.3, -0.25) is 4.79 Å². The van der Waals surface area contributed by atoms with Gasteiger partial charge >= 0.3 is 5.97 Å². The SMILES string of the molecule is CC(C)(CCC(=O)N1CCC(O)(C(=O)O)CC1)c1ccccc1. The van der Waals surface area contributed by atoms with Gasteiger partial charge in [0, 0.05) is 32.4 Å². The number of carbonyl (C=O) groups excluding carboxylic acids is 1. The summed E-state index contributed by atoms with van der Waals surface area (Å²) in [5, 5.41) is 18.9. The van der Waals surface area contributed by atoms with Crippen molar-refractivity contribution in [1.82, 2.24) is 4.90 Å². The van der Waals surface area contributed by atoms with Crippen LogP contribution in [0, 0.1) is 0 Å². The van der Waals surface area contributed by atoms with E-state index < -0.39 is 11.6 Å². The lowest BCUT2D eigenvalue weighted by Crippen LogP contribution is -2.50. The summed E-state index contributed by atoms with van der Waals surface area (Å²) >= 11 is 0. The predicted molar refractivity (Wildman–Crippen MR) is 87.1 cm³/mol.